The van der Waals surface area contributed by atoms with Crippen molar-refractivity contribution in [3.63, 3.8) is 0 Å². The summed E-state index contributed by atoms with van der Waals surface area (Å²) < 4.78 is 1.05. The highest BCUT2D eigenvalue weighted by atomic mass is 79.9. The van der Waals surface area contributed by atoms with E-state index in [1.54, 1.807) is 0 Å². The zero-order chi connectivity index (χ0) is 15.4. The van der Waals surface area contributed by atoms with E-state index in [1.807, 2.05) is 6.20 Å². The standard InChI is InChI=1S/C18H22BrN3/c1-15-12-17(19)13-20-18(15)22-9-5-8-21(10-11-22)14-16-6-3-2-4-7-16/h2-4,6-7,12-13H,5,8-11,14H2,1H3. The summed E-state index contributed by atoms with van der Waals surface area (Å²) in [5.41, 5.74) is 2.64. The van der Waals surface area contributed by atoms with Crippen molar-refractivity contribution in [3.05, 3.63) is 58.2 Å². The molecule has 4 heteroatoms. The van der Waals surface area contributed by atoms with Crippen LogP contribution in [-0.4, -0.2) is 36.1 Å². The lowest BCUT2D eigenvalue weighted by atomic mass is 10.2. The lowest BCUT2D eigenvalue weighted by Crippen LogP contribution is -2.31. The van der Waals surface area contributed by atoms with Crippen LogP contribution in [0.3, 0.4) is 0 Å². The summed E-state index contributed by atoms with van der Waals surface area (Å²) in [5.74, 6) is 1.13. The summed E-state index contributed by atoms with van der Waals surface area (Å²) in [7, 11) is 0. The van der Waals surface area contributed by atoms with Gasteiger partial charge in [0, 0.05) is 43.4 Å². The molecule has 3 rings (SSSR count). The number of nitrogens with zero attached hydrogens (tertiary/aromatic N) is 3. The molecule has 0 bridgehead atoms. The lowest BCUT2D eigenvalue weighted by molar-refractivity contribution is 0.285. The van der Waals surface area contributed by atoms with Crippen molar-refractivity contribution in [2.45, 2.75) is 19.9 Å². The third-order valence-corrected chi connectivity index (χ3v) is 4.59. The Morgan fingerprint density at radius 2 is 1.91 bits per heavy atom. The first-order chi connectivity index (χ1) is 10.7. The summed E-state index contributed by atoms with van der Waals surface area (Å²) in [6.45, 7) is 7.55. The predicted molar refractivity (Wildman–Crippen MR) is 95.2 cm³/mol. The molecule has 1 saturated heterocycles. The quantitative estimate of drug-likeness (QED) is 0.829. The molecule has 1 aliphatic rings. The van der Waals surface area contributed by atoms with E-state index in [1.165, 1.54) is 17.5 Å². The molecule has 2 heterocycles. The second kappa shape index (κ2) is 7.25. The monoisotopic (exact) mass is 359 g/mol. The highest BCUT2D eigenvalue weighted by molar-refractivity contribution is 9.10. The van der Waals surface area contributed by atoms with Crippen molar-refractivity contribution in [3.8, 4) is 0 Å². The molecule has 0 unspecified atom stereocenters. The molecule has 1 fully saturated rings. The van der Waals surface area contributed by atoms with Gasteiger partial charge in [-0.15, -0.1) is 0 Å². The Labute approximate surface area is 141 Å². The predicted octanol–water partition coefficient (Wildman–Crippen LogP) is 3.86. The maximum absolute atomic E-state index is 4.61. The number of rotatable bonds is 3. The van der Waals surface area contributed by atoms with Crippen molar-refractivity contribution < 1.29 is 0 Å². The van der Waals surface area contributed by atoms with E-state index in [-0.39, 0.29) is 0 Å². The molecule has 0 amide bonds. The summed E-state index contributed by atoms with van der Waals surface area (Å²) in [4.78, 5) is 9.58. The van der Waals surface area contributed by atoms with Gasteiger partial charge >= 0.3 is 0 Å². The van der Waals surface area contributed by atoms with Gasteiger partial charge in [0.25, 0.3) is 0 Å². The Kier molecular flexibility index (Phi) is 5.11. The summed E-state index contributed by atoms with van der Waals surface area (Å²) in [6.07, 6.45) is 3.08. The maximum Gasteiger partial charge on any atom is 0.131 e. The fourth-order valence-corrected chi connectivity index (χ4v) is 3.49. The van der Waals surface area contributed by atoms with E-state index in [0.29, 0.717) is 0 Å². The number of pyridine rings is 1. The van der Waals surface area contributed by atoms with E-state index in [4.69, 9.17) is 0 Å². The minimum absolute atomic E-state index is 1.04. The minimum Gasteiger partial charge on any atom is -0.355 e. The molecule has 0 spiro atoms. The number of halogens is 1. The van der Waals surface area contributed by atoms with Gasteiger partial charge in [-0.1, -0.05) is 30.3 Å². The molecule has 116 valence electrons. The normalized spacial score (nSPS) is 16.5. The van der Waals surface area contributed by atoms with E-state index < -0.39 is 0 Å². The molecule has 1 aromatic carbocycles. The Hall–Kier alpha value is -1.39. The molecule has 1 aliphatic heterocycles. The van der Waals surface area contributed by atoms with Crippen LogP contribution in [0.25, 0.3) is 0 Å². The van der Waals surface area contributed by atoms with E-state index in [9.17, 15) is 0 Å². The van der Waals surface area contributed by atoms with Crippen LogP contribution in [0.1, 0.15) is 17.5 Å². The number of benzene rings is 1. The number of aromatic nitrogens is 1. The van der Waals surface area contributed by atoms with Gasteiger partial charge in [0.05, 0.1) is 0 Å². The van der Waals surface area contributed by atoms with Crippen LogP contribution in [0.15, 0.2) is 47.1 Å². The van der Waals surface area contributed by atoms with Gasteiger partial charge in [-0.25, -0.2) is 4.98 Å². The molecule has 0 N–H and O–H groups in total. The molecule has 3 nitrogen and oxygen atoms in total. The van der Waals surface area contributed by atoms with Gasteiger partial charge in [-0.2, -0.15) is 0 Å². The van der Waals surface area contributed by atoms with Crippen molar-refractivity contribution in [1.29, 1.82) is 0 Å². The first-order valence-corrected chi connectivity index (χ1v) is 8.65. The average molecular weight is 360 g/mol. The Morgan fingerprint density at radius 3 is 2.68 bits per heavy atom. The first kappa shape index (κ1) is 15.5. The third-order valence-electron chi connectivity index (χ3n) is 4.15. The smallest absolute Gasteiger partial charge is 0.131 e. The third kappa shape index (κ3) is 3.87. The van der Waals surface area contributed by atoms with E-state index in [2.05, 4.69) is 74.0 Å². The van der Waals surface area contributed by atoms with E-state index >= 15 is 0 Å². The Balaban J connectivity index is 1.64. The first-order valence-electron chi connectivity index (χ1n) is 7.86. The van der Waals surface area contributed by atoms with Crippen molar-refractivity contribution >= 4 is 21.7 Å². The number of aryl methyl sites for hydroxylation is 1. The van der Waals surface area contributed by atoms with Gasteiger partial charge in [0.15, 0.2) is 0 Å². The van der Waals surface area contributed by atoms with Crippen molar-refractivity contribution in [2.75, 3.05) is 31.1 Å². The SMILES string of the molecule is Cc1cc(Br)cnc1N1CCCN(Cc2ccccc2)CC1. The van der Waals surface area contributed by atoms with Crippen molar-refractivity contribution in [1.82, 2.24) is 9.88 Å². The highest BCUT2D eigenvalue weighted by Crippen LogP contribution is 2.22. The van der Waals surface area contributed by atoms with Crippen LogP contribution < -0.4 is 4.90 Å². The average Bonchev–Trinajstić information content (AvgIpc) is 2.74. The Morgan fingerprint density at radius 1 is 1.09 bits per heavy atom. The molecule has 1 aromatic heterocycles. The molecule has 0 saturated carbocycles. The molecule has 0 aliphatic carbocycles. The molecular formula is C18H22BrN3. The van der Waals surface area contributed by atoms with Crippen LogP contribution in [0.4, 0.5) is 5.82 Å². The van der Waals surface area contributed by atoms with E-state index in [0.717, 1.165) is 43.0 Å². The van der Waals surface area contributed by atoms with Crippen LogP contribution >= 0.6 is 15.9 Å². The molecule has 2 aromatic rings. The van der Waals surface area contributed by atoms with Crippen LogP contribution in [0, 0.1) is 6.92 Å². The molecule has 0 radical (unpaired) electrons. The number of anilines is 1. The number of hydrogen-bond donors (Lipinski definition) is 0. The molecule has 0 atom stereocenters. The summed E-state index contributed by atoms with van der Waals surface area (Å²) in [6, 6.07) is 12.9. The summed E-state index contributed by atoms with van der Waals surface area (Å²) in [5, 5.41) is 0. The minimum atomic E-state index is 1.04. The van der Waals surface area contributed by atoms with Gasteiger partial charge in [-0.3, -0.25) is 4.90 Å². The van der Waals surface area contributed by atoms with Gasteiger partial charge in [-0.05, 0) is 46.5 Å². The largest absolute Gasteiger partial charge is 0.355 e. The maximum atomic E-state index is 4.61. The van der Waals surface area contributed by atoms with Crippen molar-refractivity contribution in [2.24, 2.45) is 0 Å². The number of hydrogen-bond acceptors (Lipinski definition) is 3. The van der Waals surface area contributed by atoms with Gasteiger partial charge in [0.2, 0.25) is 0 Å². The second-order valence-electron chi connectivity index (χ2n) is 5.90. The fourth-order valence-electron chi connectivity index (χ4n) is 3.05. The van der Waals surface area contributed by atoms with Crippen LogP contribution in [0.2, 0.25) is 0 Å². The summed E-state index contributed by atoms with van der Waals surface area (Å²) >= 11 is 3.49. The second-order valence-corrected chi connectivity index (χ2v) is 6.81. The molecule has 22 heavy (non-hydrogen) atoms. The Bertz CT molecular complexity index is 615. The van der Waals surface area contributed by atoms with Crippen LogP contribution in [0.5, 0.6) is 0 Å². The zero-order valence-electron chi connectivity index (χ0n) is 13.0. The van der Waals surface area contributed by atoms with Gasteiger partial charge in [0.1, 0.15) is 5.82 Å². The topological polar surface area (TPSA) is 19.4 Å². The van der Waals surface area contributed by atoms with Crippen LogP contribution in [-0.2, 0) is 6.54 Å². The lowest BCUT2D eigenvalue weighted by Gasteiger charge is -2.24. The van der Waals surface area contributed by atoms with Gasteiger partial charge < -0.3 is 4.90 Å². The zero-order valence-corrected chi connectivity index (χ0v) is 14.6. The molecular weight excluding hydrogens is 338 g/mol. The highest BCUT2D eigenvalue weighted by Gasteiger charge is 2.17. The fraction of sp³-hybridized carbons (Fsp3) is 0.389.